The van der Waals surface area contributed by atoms with Gasteiger partial charge in [0.2, 0.25) is 0 Å². The molecule has 0 amide bonds. The number of unbranched alkanes of at least 4 members (excludes halogenated alkanes) is 19. The van der Waals surface area contributed by atoms with Crippen LogP contribution in [0.3, 0.4) is 0 Å². The van der Waals surface area contributed by atoms with Gasteiger partial charge in [-0.15, -0.1) is 0 Å². The Labute approximate surface area is 235 Å². The Balaban J connectivity index is 4.11. The second-order valence-electron chi connectivity index (χ2n) is 11.0. The molecule has 13 heteroatoms. The van der Waals surface area contributed by atoms with Crippen molar-refractivity contribution in [3.05, 3.63) is 0 Å². The largest absolute Gasteiger partial charge is 0.460 e. The summed E-state index contributed by atoms with van der Waals surface area (Å²) in [4.78, 5) is 0. The molecule has 0 aromatic carbocycles. The average molecular weight is 629 g/mol. The molecule has 0 aromatic heterocycles. The molecule has 0 atom stereocenters. The second kappa shape index (κ2) is 18.0. The average Bonchev–Trinajstić information content (AvgIpc) is 2.86. The molecule has 0 aliphatic rings. The summed E-state index contributed by atoms with van der Waals surface area (Å²) in [7, 11) is 0. The van der Waals surface area contributed by atoms with Crippen molar-refractivity contribution in [3.63, 3.8) is 0 Å². The van der Waals surface area contributed by atoms with Crippen molar-refractivity contribution in [3.8, 4) is 0 Å². The van der Waals surface area contributed by atoms with Crippen molar-refractivity contribution in [1.82, 2.24) is 0 Å². The van der Waals surface area contributed by atoms with E-state index < -0.39 is 48.6 Å². The van der Waals surface area contributed by atoms with Gasteiger partial charge < -0.3 is 0 Å². The molecule has 0 rings (SSSR count). The van der Waals surface area contributed by atoms with Gasteiger partial charge in [0, 0.05) is 6.42 Å². The third-order valence-electron chi connectivity index (χ3n) is 7.34. The van der Waals surface area contributed by atoms with Crippen LogP contribution >= 0.6 is 0 Å². The first-order valence-corrected chi connectivity index (χ1v) is 14.8. The van der Waals surface area contributed by atoms with E-state index in [1.807, 2.05) is 0 Å². The maximum absolute atomic E-state index is 13.8. The van der Waals surface area contributed by atoms with Gasteiger partial charge in [0.15, 0.2) is 0 Å². The van der Waals surface area contributed by atoms with Gasteiger partial charge in [-0.2, -0.15) is 57.1 Å². The van der Waals surface area contributed by atoms with Crippen molar-refractivity contribution in [1.29, 1.82) is 0 Å². The Morgan fingerprint density at radius 3 is 0.805 bits per heavy atom. The molecule has 0 nitrogen and oxygen atoms in total. The third kappa shape index (κ3) is 11.9. The van der Waals surface area contributed by atoms with Crippen LogP contribution in [-0.4, -0.2) is 35.8 Å². The Kier molecular flexibility index (Phi) is 17.6. The van der Waals surface area contributed by atoms with Crippen LogP contribution in [0.4, 0.5) is 57.1 Å². The molecule has 0 heterocycles. The molecule has 0 spiro atoms. The van der Waals surface area contributed by atoms with Gasteiger partial charge in [-0.3, -0.25) is 0 Å². The summed E-state index contributed by atoms with van der Waals surface area (Å²) in [5.74, 6) is -36.3. The van der Waals surface area contributed by atoms with E-state index in [1.54, 1.807) is 0 Å². The van der Waals surface area contributed by atoms with E-state index >= 15 is 0 Å². The summed E-state index contributed by atoms with van der Waals surface area (Å²) in [6, 6.07) is 0. The van der Waals surface area contributed by atoms with Crippen molar-refractivity contribution in [2.24, 2.45) is 0 Å². The van der Waals surface area contributed by atoms with Gasteiger partial charge in [0.05, 0.1) is 0 Å². The van der Waals surface area contributed by atoms with Crippen LogP contribution in [0.2, 0.25) is 0 Å². The summed E-state index contributed by atoms with van der Waals surface area (Å²) < 4.78 is 170. The van der Waals surface area contributed by atoms with E-state index in [9.17, 15) is 57.1 Å². The van der Waals surface area contributed by atoms with Gasteiger partial charge in [0.25, 0.3) is 0 Å². The van der Waals surface area contributed by atoms with Crippen LogP contribution in [-0.2, 0) is 0 Å². The zero-order valence-corrected chi connectivity index (χ0v) is 23.8. The highest BCUT2D eigenvalue weighted by atomic mass is 19.4. The van der Waals surface area contributed by atoms with Crippen molar-refractivity contribution >= 4 is 0 Å². The summed E-state index contributed by atoms with van der Waals surface area (Å²) in [6.07, 6.45) is 8.82. The predicted molar refractivity (Wildman–Crippen MR) is 133 cm³/mol. The summed E-state index contributed by atoms with van der Waals surface area (Å²) >= 11 is 0. The highest BCUT2D eigenvalue weighted by molar-refractivity contribution is 5.10. The molecule has 0 saturated heterocycles. The van der Waals surface area contributed by atoms with Crippen molar-refractivity contribution < 1.29 is 57.1 Å². The van der Waals surface area contributed by atoms with Gasteiger partial charge in [-0.25, -0.2) is 0 Å². The number of rotatable bonds is 25. The Morgan fingerprint density at radius 1 is 0.293 bits per heavy atom. The fraction of sp³-hybridized carbons (Fsp3) is 1.00. The lowest BCUT2D eigenvalue weighted by Crippen LogP contribution is -2.70. The highest BCUT2D eigenvalue weighted by Gasteiger charge is 2.90. The van der Waals surface area contributed by atoms with Crippen LogP contribution in [0.15, 0.2) is 0 Å². The van der Waals surface area contributed by atoms with Crippen LogP contribution in [0.25, 0.3) is 0 Å². The first kappa shape index (κ1) is 40.1. The van der Waals surface area contributed by atoms with E-state index in [2.05, 4.69) is 6.92 Å². The molecule has 41 heavy (non-hydrogen) atoms. The SMILES string of the molecule is CCCCCCCCCCCCCCCCCCCCCCC(F)(F)C(F)(F)C(F)(F)C(F)(F)C(F)(F)C(F)(F)F. The quantitative estimate of drug-likeness (QED) is 0.0697. The molecular formula is C28H45F13. The highest BCUT2D eigenvalue weighted by Crippen LogP contribution is 2.60. The molecule has 0 bridgehead atoms. The lowest BCUT2D eigenvalue weighted by atomic mass is 9.91. The number of alkyl halides is 13. The Morgan fingerprint density at radius 2 is 0.537 bits per heavy atom. The normalized spacial score (nSPS) is 14.2. The minimum absolute atomic E-state index is 0.162. The van der Waals surface area contributed by atoms with Gasteiger partial charge in [0.1, 0.15) is 0 Å². The molecule has 0 aliphatic heterocycles. The predicted octanol–water partition coefficient (Wildman–Crippen LogP) is 12.9. The van der Waals surface area contributed by atoms with Gasteiger partial charge >= 0.3 is 35.8 Å². The molecule has 0 saturated carbocycles. The number of hydrogen-bond donors (Lipinski definition) is 0. The van der Waals surface area contributed by atoms with E-state index in [0.717, 1.165) is 32.1 Å². The van der Waals surface area contributed by atoms with E-state index in [-0.39, 0.29) is 12.8 Å². The smallest absolute Gasteiger partial charge is 0.200 e. The lowest BCUT2D eigenvalue weighted by Gasteiger charge is -2.39. The molecule has 0 N–H and O–H groups in total. The lowest BCUT2D eigenvalue weighted by molar-refractivity contribution is -0.440. The summed E-state index contributed by atoms with van der Waals surface area (Å²) in [5, 5.41) is 0. The Bertz CT molecular complexity index is 672. The molecule has 248 valence electrons. The molecular weight excluding hydrogens is 583 g/mol. The molecule has 0 radical (unpaired) electrons. The second-order valence-corrected chi connectivity index (χ2v) is 11.0. The van der Waals surface area contributed by atoms with Crippen LogP contribution < -0.4 is 0 Å². The fourth-order valence-corrected chi connectivity index (χ4v) is 4.56. The van der Waals surface area contributed by atoms with E-state index in [4.69, 9.17) is 0 Å². The molecule has 0 unspecified atom stereocenters. The minimum Gasteiger partial charge on any atom is -0.200 e. The number of hydrogen-bond acceptors (Lipinski definition) is 0. The monoisotopic (exact) mass is 628 g/mol. The third-order valence-corrected chi connectivity index (χ3v) is 7.34. The maximum Gasteiger partial charge on any atom is 0.460 e. The first-order chi connectivity index (χ1) is 18.8. The zero-order chi connectivity index (χ0) is 31.8. The van der Waals surface area contributed by atoms with E-state index in [0.29, 0.717) is 12.8 Å². The van der Waals surface area contributed by atoms with Crippen molar-refractivity contribution in [2.45, 2.75) is 178 Å². The summed E-state index contributed by atoms with van der Waals surface area (Å²) in [5.41, 5.74) is 0. The minimum atomic E-state index is -7.82. The van der Waals surface area contributed by atoms with Gasteiger partial charge in [-0.05, 0) is 6.42 Å². The maximum atomic E-state index is 13.8. The standard InChI is InChI=1S/C28H45F13/c1-2-3-4-5-6-7-8-9-10-11-12-13-14-15-16-17-18-19-20-21-22-23(29,30)24(31,32)25(33,34)26(35,36)27(37,38)28(39,40)41/h2-22H2,1H3. The molecule has 0 fully saturated rings. The zero-order valence-electron chi connectivity index (χ0n) is 23.8. The molecule has 0 aliphatic carbocycles. The first-order valence-electron chi connectivity index (χ1n) is 14.8. The van der Waals surface area contributed by atoms with Gasteiger partial charge in [-0.1, -0.05) is 129 Å². The molecule has 0 aromatic rings. The van der Waals surface area contributed by atoms with E-state index in [1.165, 1.54) is 64.2 Å². The summed E-state index contributed by atoms with van der Waals surface area (Å²) in [6.45, 7) is 2.20. The Hall–Kier alpha value is -0.910. The number of halogens is 13. The van der Waals surface area contributed by atoms with Crippen LogP contribution in [0.1, 0.15) is 142 Å². The van der Waals surface area contributed by atoms with Crippen molar-refractivity contribution in [2.75, 3.05) is 0 Å². The van der Waals surface area contributed by atoms with Crippen LogP contribution in [0.5, 0.6) is 0 Å². The topological polar surface area (TPSA) is 0 Å². The fourth-order valence-electron chi connectivity index (χ4n) is 4.56. The van der Waals surface area contributed by atoms with Crippen LogP contribution in [0, 0.1) is 0 Å².